The van der Waals surface area contributed by atoms with Gasteiger partial charge >= 0.3 is 11.9 Å². The normalized spacial score (nSPS) is 11.7. The van der Waals surface area contributed by atoms with E-state index in [1.165, 1.54) is 25.3 Å². The van der Waals surface area contributed by atoms with E-state index in [0.717, 1.165) is 10.4 Å². The predicted molar refractivity (Wildman–Crippen MR) is 74.4 cm³/mol. The molecule has 0 aliphatic carbocycles. The molecule has 1 rings (SSSR count). The lowest BCUT2D eigenvalue weighted by molar-refractivity contribution is -0.141. The van der Waals surface area contributed by atoms with E-state index < -0.39 is 34.5 Å². The van der Waals surface area contributed by atoms with Gasteiger partial charge in [-0.25, -0.2) is 13.2 Å². The van der Waals surface area contributed by atoms with Crippen LogP contribution in [0.25, 0.3) is 0 Å². The summed E-state index contributed by atoms with van der Waals surface area (Å²) in [6.45, 7) is 2.79. The van der Waals surface area contributed by atoms with Crippen LogP contribution in [0.3, 0.4) is 0 Å². The van der Waals surface area contributed by atoms with Gasteiger partial charge in [0, 0.05) is 6.04 Å². The molecule has 0 fully saturated rings. The van der Waals surface area contributed by atoms with Crippen LogP contribution in [0, 0.1) is 0 Å². The minimum Gasteiger partial charge on any atom is -0.478 e. The topological polar surface area (TPSA) is 101 Å². The van der Waals surface area contributed by atoms with Crippen LogP contribution < -0.4 is 0 Å². The van der Waals surface area contributed by atoms with Crippen molar-refractivity contribution >= 4 is 22.0 Å². The monoisotopic (exact) mass is 315 g/mol. The van der Waals surface area contributed by atoms with Gasteiger partial charge in [0.1, 0.15) is 6.54 Å². The number of benzene rings is 1. The molecule has 1 aromatic carbocycles. The summed E-state index contributed by atoms with van der Waals surface area (Å²) in [5.74, 6) is -1.92. The number of carbonyl (C=O) groups is 2. The summed E-state index contributed by atoms with van der Waals surface area (Å²) in [6.07, 6.45) is 0. The lowest BCUT2D eigenvalue weighted by atomic mass is 10.2. The number of ether oxygens (including phenoxy) is 1. The summed E-state index contributed by atoms with van der Waals surface area (Å²) in [4.78, 5) is 22.1. The third-order valence-corrected chi connectivity index (χ3v) is 4.79. The average Bonchev–Trinajstić information content (AvgIpc) is 2.43. The van der Waals surface area contributed by atoms with Crippen LogP contribution in [0.15, 0.2) is 29.2 Å². The first-order valence-electron chi connectivity index (χ1n) is 6.12. The molecule has 0 spiro atoms. The SMILES string of the molecule is COC(=O)CN(C(C)C)S(=O)(=O)c1cccc(C(=O)O)c1. The van der Waals surface area contributed by atoms with Crippen molar-refractivity contribution in [3.8, 4) is 0 Å². The van der Waals surface area contributed by atoms with E-state index in [-0.39, 0.29) is 10.5 Å². The Morgan fingerprint density at radius 3 is 2.43 bits per heavy atom. The highest BCUT2D eigenvalue weighted by molar-refractivity contribution is 7.89. The van der Waals surface area contributed by atoms with Gasteiger partial charge in [0.15, 0.2) is 0 Å². The molecule has 0 radical (unpaired) electrons. The van der Waals surface area contributed by atoms with Crippen molar-refractivity contribution in [2.24, 2.45) is 0 Å². The number of aromatic carboxylic acids is 1. The fraction of sp³-hybridized carbons (Fsp3) is 0.385. The molecule has 116 valence electrons. The second kappa shape index (κ2) is 6.68. The Hall–Kier alpha value is -1.93. The standard InChI is InChI=1S/C13H17NO6S/c1-9(2)14(8-12(15)20-3)21(18,19)11-6-4-5-10(7-11)13(16)17/h4-7,9H,8H2,1-3H3,(H,16,17). The molecule has 0 saturated heterocycles. The second-order valence-electron chi connectivity index (χ2n) is 4.55. The summed E-state index contributed by atoms with van der Waals surface area (Å²) < 4.78 is 30.5. The van der Waals surface area contributed by atoms with Crippen LogP contribution in [0.5, 0.6) is 0 Å². The first-order valence-corrected chi connectivity index (χ1v) is 7.56. The lowest BCUT2D eigenvalue weighted by Gasteiger charge is -2.24. The molecule has 0 unspecified atom stereocenters. The molecule has 21 heavy (non-hydrogen) atoms. The number of carbonyl (C=O) groups excluding carboxylic acids is 1. The fourth-order valence-electron chi connectivity index (χ4n) is 1.66. The third-order valence-electron chi connectivity index (χ3n) is 2.78. The third kappa shape index (κ3) is 4.02. The van der Waals surface area contributed by atoms with Gasteiger partial charge in [0.2, 0.25) is 10.0 Å². The molecular weight excluding hydrogens is 298 g/mol. The van der Waals surface area contributed by atoms with Crippen LogP contribution in [-0.2, 0) is 19.6 Å². The van der Waals surface area contributed by atoms with Gasteiger partial charge < -0.3 is 9.84 Å². The predicted octanol–water partition coefficient (Wildman–Crippen LogP) is 0.957. The van der Waals surface area contributed by atoms with Crippen LogP contribution in [0.4, 0.5) is 0 Å². The summed E-state index contributed by atoms with van der Waals surface area (Å²) in [7, 11) is -2.83. The van der Waals surface area contributed by atoms with Crippen molar-refractivity contribution in [2.45, 2.75) is 24.8 Å². The Labute approximate surface area is 123 Å². The molecule has 0 aliphatic rings. The molecule has 1 aromatic rings. The largest absolute Gasteiger partial charge is 0.478 e. The zero-order valence-electron chi connectivity index (χ0n) is 11.9. The number of carboxylic acids is 1. The first-order chi connectivity index (χ1) is 9.70. The Kier molecular flexibility index (Phi) is 5.45. The smallest absolute Gasteiger partial charge is 0.335 e. The van der Waals surface area contributed by atoms with E-state index in [1.807, 2.05) is 0 Å². The van der Waals surface area contributed by atoms with Crippen molar-refractivity contribution in [1.82, 2.24) is 4.31 Å². The average molecular weight is 315 g/mol. The Morgan fingerprint density at radius 1 is 1.33 bits per heavy atom. The van der Waals surface area contributed by atoms with Gasteiger partial charge in [-0.1, -0.05) is 6.07 Å². The van der Waals surface area contributed by atoms with Crippen molar-refractivity contribution < 1.29 is 27.9 Å². The van der Waals surface area contributed by atoms with E-state index in [0.29, 0.717) is 0 Å². The number of nitrogens with zero attached hydrogens (tertiary/aromatic N) is 1. The highest BCUT2D eigenvalue weighted by Crippen LogP contribution is 2.19. The van der Waals surface area contributed by atoms with Gasteiger partial charge in [-0.2, -0.15) is 4.31 Å². The number of esters is 1. The Balaban J connectivity index is 3.26. The van der Waals surface area contributed by atoms with Gasteiger partial charge in [-0.05, 0) is 32.0 Å². The van der Waals surface area contributed by atoms with E-state index in [2.05, 4.69) is 4.74 Å². The molecule has 1 N–H and O–H groups in total. The second-order valence-corrected chi connectivity index (χ2v) is 6.44. The molecule has 0 aliphatic heterocycles. The highest BCUT2D eigenvalue weighted by Gasteiger charge is 2.29. The maximum Gasteiger partial charge on any atom is 0.335 e. The zero-order valence-corrected chi connectivity index (χ0v) is 12.8. The first kappa shape index (κ1) is 17.1. The van der Waals surface area contributed by atoms with E-state index in [1.54, 1.807) is 13.8 Å². The van der Waals surface area contributed by atoms with Crippen LogP contribution >= 0.6 is 0 Å². The maximum absolute atomic E-state index is 12.5. The van der Waals surface area contributed by atoms with Gasteiger partial charge in [-0.3, -0.25) is 4.79 Å². The molecular formula is C13H17NO6S. The van der Waals surface area contributed by atoms with E-state index in [4.69, 9.17) is 5.11 Å². The number of hydrogen-bond acceptors (Lipinski definition) is 5. The minimum absolute atomic E-state index is 0.141. The molecule has 0 saturated carbocycles. The van der Waals surface area contributed by atoms with Crippen molar-refractivity contribution in [1.29, 1.82) is 0 Å². The number of sulfonamides is 1. The summed E-state index contributed by atoms with van der Waals surface area (Å²) in [5, 5.41) is 8.92. The maximum atomic E-state index is 12.5. The van der Waals surface area contributed by atoms with Crippen LogP contribution in [0.1, 0.15) is 24.2 Å². The van der Waals surface area contributed by atoms with Crippen LogP contribution in [0.2, 0.25) is 0 Å². The number of rotatable bonds is 6. The van der Waals surface area contributed by atoms with Gasteiger partial charge in [0.05, 0.1) is 17.6 Å². The number of hydrogen-bond donors (Lipinski definition) is 1. The van der Waals surface area contributed by atoms with Crippen molar-refractivity contribution in [3.05, 3.63) is 29.8 Å². The molecule has 0 bridgehead atoms. The summed E-state index contributed by atoms with van der Waals surface area (Å²) in [6, 6.07) is 4.50. The van der Waals surface area contributed by atoms with E-state index in [9.17, 15) is 18.0 Å². The summed E-state index contributed by atoms with van der Waals surface area (Å²) >= 11 is 0. The number of methoxy groups -OCH3 is 1. The molecule has 0 heterocycles. The lowest BCUT2D eigenvalue weighted by Crippen LogP contribution is -2.41. The fourth-order valence-corrected chi connectivity index (χ4v) is 3.29. The number of carboxylic acid groups (broad SMARTS) is 1. The Morgan fingerprint density at radius 2 is 1.95 bits per heavy atom. The molecule has 0 atom stereocenters. The summed E-state index contributed by atoms with van der Waals surface area (Å²) in [5.41, 5.74) is -0.141. The minimum atomic E-state index is -3.99. The van der Waals surface area contributed by atoms with Crippen LogP contribution in [-0.4, -0.2) is 49.5 Å². The van der Waals surface area contributed by atoms with Gasteiger partial charge in [-0.15, -0.1) is 0 Å². The van der Waals surface area contributed by atoms with Crippen molar-refractivity contribution in [2.75, 3.05) is 13.7 Å². The van der Waals surface area contributed by atoms with Gasteiger partial charge in [0.25, 0.3) is 0 Å². The quantitative estimate of drug-likeness (QED) is 0.785. The van der Waals surface area contributed by atoms with Crippen molar-refractivity contribution in [3.63, 3.8) is 0 Å². The highest BCUT2D eigenvalue weighted by atomic mass is 32.2. The molecule has 7 nitrogen and oxygen atoms in total. The molecule has 8 heteroatoms. The zero-order chi connectivity index (χ0) is 16.2. The van der Waals surface area contributed by atoms with E-state index >= 15 is 0 Å². The molecule has 0 aromatic heterocycles. The Bertz CT molecular complexity index is 638. The molecule has 0 amide bonds.